The van der Waals surface area contributed by atoms with Crippen LogP contribution in [0.15, 0.2) is 52.3 Å². The van der Waals surface area contributed by atoms with E-state index in [9.17, 15) is 14.4 Å². The van der Waals surface area contributed by atoms with Gasteiger partial charge in [0.2, 0.25) is 11.8 Å². The van der Waals surface area contributed by atoms with Gasteiger partial charge in [-0.25, -0.2) is 4.79 Å². The van der Waals surface area contributed by atoms with E-state index in [2.05, 4.69) is 5.32 Å². The molecule has 1 N–H and O–H groups in total. The number of carbonyl (C=O) groups excluding carboxylic acids is 3. The van der Waals surface area contributed by atoms with Crippen LogP contribution in [0.5, 0.6) is 0 Å². The van der Waals surface area contributed by atoms with Gasteiger partial charge in [-0.3, -0.25) is 9.59 Å². The van der Waals surface area contributed by atoms with Crippen LogP contribution in [0.1, 0.15) is 51.2 Å². The zero-order chi connectivity index (χ0) is 23.5. The van der Waals surface area contributed by atoms with Gasteiger partial charge in [0.1, 0.15) is 17.1 Å². The van der Waals surface area contributed by atoms with Crippen LogP contribution in [0, 0.1) is 19.8 Å². The number of rotatable bonds is 6. The number of thiophene rings is 1. The van der Waals surface area contributed by atoms with Crippen molar-refractivity contribution in [2.45, 2.75) is 39.3 Å². The Labute approximate surface area is 196 Å². The Bertz CT molecular complexity index is 1150. The molecular formula is C25H26N2O5S. The number of esters is 1. The highest BCUT2D eigenvalue weighted by atomic mass is 32.1. The lowest BCUT2D eigenvalue weighted by Crippen LogP contribution is -2.48. The first kappa shape index (κ1) is 22.8. The minimum atomic E-state index is -0.480. The molecule has 0 spiro atoms. The smallest absolute Gasteiger partial charge is 0.341 e. The number of ether oxygens (including phenoxy) is 1. The summed E-state index contributed by atoms with van der Waals surface area (Å²) in [7, 11) is 1.31. The molecule has 0 radical (unpaired) electrons. The summed E-state index contributed by atoms with van der Waals surface area (Å²) in [5.74, 6) is -0.144. The Morgan fingerprint density at radius 3 is 2.64 bits per heavy atom. The molecule has 2 aromatic heterocycles. The topological polar surface area (TPSA) is 88.8 Å². The number of amides is 2. The number of methoxy groups -OCH3 is 1. The Balaban J connectivity index is 1.57. The van der Waals surface area contributed by atoms with Crippen LogP contribution >= 0.6 is 11.3 Å². The maximum Gasteiger partial charge on any atom is 0.341 e. The third-order valence-corrected chi connectivity index (χ3v) is 6.83. The SMILES string of the molecule is COC(=O)c1cc(CNC(=O)C2CCC(=O)N(c3ccc(C)cc3)C2c2cccs2)oc1C. The summed E-state index contributed by atoms with van der Waals surface area (Å²) in [4.78, 5) is 40.9. The molecule has 1 aliphatic heterocycles. The predicted octanol–water partition coefficient (Wildman–Crippen LogP) is 4.55. The molecule has 1 aromatic carbocycles. The molecule has 2 amide bonds. The molecule has 8 heteroatoms. The minimum absolute atomic E-state index is 0.00526. The molecule has 2 unspecified atom stereocenters. The molecule has 1 fully saturated rings. The highest BCUT2D eigenvalue weighted by molar-refractivity contribution is 7.10. The van der Waals surface area contributed by atoms with E-state index in [1.165, 1.54) is 18.4 Å². The summed E-state index contributed by atoms with van der Waals surface area (Å²) in [6.07, 6.45) is 0.750. The number of nitrogens with zero attached hydrogens (tertiary/aromatic N) is 1. The molecule has 3 aromatic rings. The highest BCUT2D eigenvalue weighted by Gasteiger charge is 2.42. The average molecular weight is 467 g/mol. The number of furan rings is 1. The summed E-state index contributed by atoms with van der Waals surface area (Å²) in [6, 6.07) is 12.9. The molecule has 0 bridgehead atoms. The van der Waals surface area contributed by atoms with Crippen LogP contribution in [-0.4, -0.2) is 24.9 Å². The zero-order valence-electron chi connectivity index (χ0n) is 18.8. The molecular weight excluding hydrogens is 440 g/mol. The Morgan fingerprint density at radius 2 is 1.97 bits per heavy atom. The van der Waals surface area contributed by atoms with Gasteiger partial charge in [0.25, 0.3) is 0 Å². The summed E-state index contributed by atoms with van der Waals surface area (Å²) in [5, 5.41) is 4.89. The minimum Gasteiger partial charge on any atom is -0.465 e. The molecule has 0 saturated carbocycles. The second-order valence-electron chi connectivity index (χ2n) is 8.10. The Kier molecular flexibility index (Phi) is 6.65. The van der Waals surface area contributed by atoms with Crippen molar-refractivity contribution in [1.82, 2.24) is 5.32 Å². The van der Waals surface area contributed by atoms with E-state index in [4.69, 9.17) is 9.15 Å². The fourth-order valence-electron chi connectivity index (χ4n) is 4.21. The second-order valence-corrected chi connectivity index (χ2v) is 9.08. The molecule has 1 saturated heterocycles. The lowest BCUT2D eigenvalue weighted by molar-refractivity contribution is -0.129. The van der Waals surface area contributed by atoms with Gasteiger partial charge in [-0.05, 0) is 49.9 Å². The number of benzene rings is 1. The number of carbonyl (C=O) groups is 3. The molecule has 2 atom stereocenters. The number of aryl methyl sites for hydroxylation is 2. The first-order valence-corrected chi connectivity index (χ1v) is 11.6. The lowest BCUT2D eigenvalue weighted by Gasteiger charge is -2.40. The number of anilines is 1. The fourth-order valence-corrected chi connectivity index (χ4v) is 5.09. The van der Waals surface area contributed by atoms with Crippen molar-refractivity contribution >= 4 is 34.8 Å². The quantitative estimate of drug-likeness (QED) is 0.539. The van der Waals surface area contributed by atoms with Crippen molar-refractivity contribution in [2.24, 2.45) is 5.92 Å². The second kappa shape index (κ2) is 9.62. The number of piperidine rings is 1. The van der Waals surface area contributed by atoms with Crippen LogP contribution in [0.2, 0.25) is 0 Å². The standard InChI is InChI=1S/C25H26N2O5S/c1-15-6-8-17(9-7-15)27-22(28)11-10-19(23(27)21-5-4-12-33-21)24(29)26-14-18-13-20(16(2)32-18)25(30)31-3/h4-9,12-13,19,23H,10-11,14H2,1-3H3,(H,26,29). The monoisotopic (exact) mass is 466 g/mol. The van der Waals surface area contributed by atoms with Gasteiger partial charge in [-0.1, -0.05) is 23.8 Å². The molecule has 4 rings (SSSR count). The molecule has 33 heavy (non-hydrogen) atoms. The summed E-state index contributed by atoms with van der Waals surface area (Å²) in [5.41, 5.74) is 2.23. The summed E-state index contributed by atoms with van der Waals surface area (Å²) in [6.45, 7) is 3.82. The van der Waals surface area contributed by atoms with E-state index in [-0.39, 0.29) is 18.4 Å². The van der Waals surface area contributed by atoms with Crippen LogP contribution in [0.3, 0.4) is 0 Å². The van der Waals surface area contributed by atoms with E-state index < -0.39 is 17.9 Å². The molecule has 172 valence electrons. The predicted molar refractivity (Wildman–Crippen MR) is 125 cm³/mol. The Hall–Kier alpha value is -3.39. The van der Waals surface area contributed by atoms with Gasteiger partial charge in [-0.2, -0.15) is 0 Å². The first-order chi connectivity index (χ1) is 15.9. The van der Waals surface area contributed by atoms with Gasteiger partial charge in [-0.15, -0.1) is 11.3 Å². The van der Waals surface area contributed by atoms with E-state index in [1.54, 1.807) is 17.9 Å². The Morgan fingerprint density at radius 1 is 1.21 bits per heavy atom. The molecule has 7 nitrogen and oxygen atoms in total. The number of hydrogen-bond acceptors (Lipinski definition) is 6. The van der Waals surface area contributed by atoms with Crippen molar-refractivity contribution < 1.29 is 23.5 Å². The van der Waals surface area contributed by atoms with E-state index in [0.29, 0.717) is 29.9 Å². The number of nitrogens with one attached hydrogen (secondary N) is 1. The largest absolute Gasteiger partial charge is 0.465 e. The summed E-state index contributed by atoms with van der Waals surface area (Å²) >= 11 is 1.54. The zero-order valence-corrected chi connectivity index (χ0v) is 19.6. The van der Waals surface area contributed by atoms with Crippen molar-refractivity contribution in [3.05, 3.63) is 75.4 Å². The van der Waals surface area contributed by atoms with Crippen LogP contribution in [0.25, 0.3) is 0 Å². The van der Waals surface area contributed by atoms with Crippen LogP contribution < -0.4 is 10.2 Å². The third kappa shape index (κ3) is 4.71. The van der Waals surface area contributed by atoms with Gasteiger partial charge in [0.15, 0.2) is 0 Å². The van der Waals surface area contributed by atoms with Crippen LogP contribution in [-0.2, 0) is 20.9 Å². The van der Waals surface area contributed by atoms with E-state index in [0.717, 1.165) is 16.1 Å². The fraction of sp³-hybridized carbons (Fsp3) is 0.320. The van der Waals surface area contributed by atoms with Crippen molar-refractivity contribution in [2.75, 3.05) is 12.0 Å². The van der Waals surface area contributed by atoms with Crippen molar-refractivity contribution in [3.8, 4) is 0 Å². The third-order valence-electron chi connectivity index (χ3n) is 5.89. The maximum atomic E-state index is 13.3. The average Bonchev–Trinajstić information content (AvgIpc) is 3.47. The van der Waals surface area contributed by atoms with Gasteiger partial charge in [0.05, 0.1) is 25.6 Å². The van der Waals surface area contributed by atoms with Gasteiger partial charge in [0, 0.05) is 17.0 Å². The van der Waals surface area contributed by atoms with Crippen LogP contribution in [0.4, 0.5) is 5.69 Å². The van der Waals surface area contributed by atoms with Crippen molar-refractivity contribution in [3.63, 3.8) is 0 Å². The number of hydrogen-bond donors (Lipinski definition) is 1. The molecule has 0 aliphatic carbocycles. The van der Waals surface area contributed by atoms with E-state index in [1.807, 2.05) is 48.7 Å². The highest BCUT2D eigenvalue weighted by Crippen LogP contribution is 2.41. The van der Waals surface area contributed by atoms with E-state index >= 15 is 0 Å². The lowest BCUT2D eigenvalue weighted by atomic mass is 9.86. The normalized spacial score (nSPS) is 18.3. The molecule has 3 heterocycles. The van der Waals surface area contributed by atoms with Gasteiger partial charge >= 0.3 is 5.97 Å². The first-order valence-electron chi connectivity index (χ1n) is 10.8. The maximum absolute atomic E-state index is 13.3. The molecule has 1 aliphatic rings. The summed E-state index contributed by atoms with van der Waals surface area (Å²) < 4.78 is 10.4. The van der Waals surface area contributed by atoms with Gasteiger partial charge < -0.3 is 19.4 Å². The van der Waals surface area contributed by atoms with Crippen molar-refractivity contribution in [1.29, 1.82) is 0 Å².